The van der Waals surface area contributed by atoms with Gasteiger partial charge in [0.1, 0.15) is 18.1 Å². The zero-order valence-electron chi connectivity index (χ0n) is 8.70. The highest BCUT2D eigenvalue weighted by molar-refractivity contribution is 5.43. The molecule has 0 bridgehead atoms. The first-order valence-electron chi connectivity index (χ1n) is 4.41. The molecular weight excluding hydrogens is 190 g/mol. The molecule has 0 aliphatic rings. The quantitative estimate of drug-likeness (QED) is 0.702. The Kier molecular flexibility index (Phi) is 4.06. The zero-order valence-corrected chi connectivity index (χ0v) is 8.70. The van der Waals surface area contributed by atoms with Crippen LogP contribution in [0.3, 0.4) is 0 Å². The van der Waals surface area contributed by atoms with Gasteiger partial charge in [-0.15, -0.1) is 5.92 Å². The largest absolute Gasteiger partial charge is 0.497 e. The second kappa shape index (κ2) is 5.57. The van der Waals surface area contributed by atoms with Crippen LogP contribution in [0.2, 0.25) is 0 Å². The topological polar surface area (TPSA) is 42.2 Å². The van der Waals surface area contributed by atoms with Crippen molar-refractivity contribution in [3.8, 4) is 29.4 Å². The molecule has 1 aromatic carbocycles. The number of methoxy groups -OCH3 is 1. The van der Waals surface area contributed by atoms with Crippen molar-refractivity contribution in [1.29, 1.82) is 5.26 Å². The molecule has 0 radical (unpaired) electrons. The normalized spacial score (nSPS) is 8.33. The molecule has 0 atom stereocenters. The van der Waals surface area contributed by atoms with Crippen LogP contribution < -0.4 is 9.47 Å². The molecule has 0 amide bonds. The SMILES string of the molecule is CC#CCOc1cc(C#N)cc(OC)c1. The summed E-state index contributed by atoms with van der Waals surface area (Å²) in [6.07, 6.45) is 0. The lowest BCUT2D eigenvalue weighted by atomic mass is 10.2. The second-order valence-corrected chi connectivity index (χ2v) is 2.72. The Morgan fingerprint density at radius 1 is 1.27 bits per heavy atom. The first kappa shape index (κ1) is 10.9. The summed E-state index contributed by atoms with van der Waals surface area (Å²) in [4.78, 5) is 0. The fraction of sp³-hybridized carbons (Fsp3) is 0.250. The van der Waals surface area contributed by atoms with Crippen molar-refractivity contribution >= 4 is 0 Å². The fourth-order valence-electron chi connectivity index (χ4n) is 1.03. The van der Waals surface area contributed by atoms with Gasteiger partial charge in [0.2, 0.25) is 0 Å². The van der Waals surface area contributed by atoms with E-state index in [4.69, 9.17) is 14.7 Å². The maximum atomic E-state index is 8.76. The van der Waals surface area contributed by atoms with E-state index in [0.717, 1.165) is 0 Å². The van der Waals surface area contributed by atoms with Gasteiger partial charge in [-0.2, -0.15) is 5.26 Å². The second-order valence-electron chi connectivity index (χ2n) is 2.72. The van der Waals surface area contributed by atoms with E-state index in [1.165, 1.54) is 0 Å². The molecule has 0 aromatic heterocycles. The Morgan fingerprint density at radius 3 is 2.60 bits per heavy atom. The van der Waals surface area contributed by atoms with Gasteiger partial charge in [0.15, 0.2) is 0 Å². The summed E-state index contributed by atoms with van der Waals surface area (Å²) >= 11 is 0. The van der Waals surface area contributed by atoms with Crippen molar-refractivity contribution in [2.24, 2.45) is 0 Å². The molecule has 3 nitrogen and oxygen atoms in total. The Labute approximate surface area is 89.2 Å². The summed E-state index contributed by atoms with van der Waals surface area (Å²) in [6, 6.07) is 7.06. The molecular formula is C12H11NO2. The van der Waals surface area contributed by atoms with Crippen LogP contribution in [-0.2, 0) is 0 Å². The van der Waals surface area contributed by atoms with Crippen molar-refractivity contribution in [3.63, 3.8) is 0 Å². The highest BCUT2D eigenvalue weighted by atomic mass is 16.5. The zero-order chi connectivity index (χ0) is 11.1. The Hall–Kier alpha value is -2.13. The Balaban J connectivity index is 2.86. The predicted octanol–water partition coefficient (Wildman–Crippen LogP) is 1.97. The van der Waals surface area contributed by atoms with Crippen LogP contribution in [0.5, 0.6) is 11.5 Å². The molecule has 0 saturated heterocycles. The van der Waals surface area contributed by atoms with Gasteiger partial charge in [0.25, 0.3) is 0 Å². The van der Waals surface area contributed by atoms with E-state index >= 15 is 0 Å². The first-order valence-corrected chi connectivity index (χ1v) is 4.41. The van der Waals surface area contributed by atoms with Gasteiger partial charge >= 0.3 is 0 Å². The lowest BCUT2D eigenvalue weighted by Gasteiger charge is -2.05. The minimum absolute atomic E-state index is 0.314. The third kappa shape index (κ3) is 3.25. The van der Waals surface area contributed by atoms with E-state index in [9.17, 15) is 0 Å². The highest BCUT2D eigenvalue weighted by Gasteiger charge is 2.01. The van der Waals surface area contributed by atoms with Crippen LogP contribution in [-0.4, -0.2) is 13.7 Å². The van der Waals surface area contributed by atoms with Gasteiger partial charge in [0, 0.05) is 6.07 Å². The van der Waals surface area contributed by atoms with Crippen molar-refractivity contribution in [1.82, 2.24) is 0 Å². The van der Waals surface area contributed by atoms with Crippen molar-refractivity contribution in [3.05, 3.63) is 23.8 Å². The number of ether oxygens (including phenoxy) is 2. The molecule has 1 aromatic rings. The summed E-state index contributed by atoms with van der Waals surface area (Å²) in [5, 5.41) is 8.76. The Bertz CT molecular complexity index is 435. The molecule has 0 saturated carbocycles. The summed E-state index contributed by atoms with van der Waals surface area (Å²) in [5.74, 6) is 6.70. The summed E-state index contributed by atoms with van der Waals surface area (Å²) in [7, 11) is 1.55. The Morgan fingerprint density at radius 2 is 2.00 bits per heavy atom. The number of rotatable bonds is 3. The average molecular weight is 201 g/mol. The van der Waals surface area contributed by atoms with Crippen molar-refractivity contribution < 1.29 is 9.47 Å². The molecule has 76 valence electrons. The van der Waals surface area contributed by atoms with Crippen LogP contribution in [0, 0.1) is 23.2 Å². The summed E-state index contributed by atoms with van der Waals surface area (Å²) < 4.78 is 10.4. The predicted molar refractivity (Wildman–Crippen MR) is 56.7 cm³/mol. The van der Waals surface area contributed by atoms with Gasteiger partial charge in [-0.25, -0.2) is 0 Å². The molecule has 0 spiro atoms. The summed E-state index contributed by atoms with van der Waals surface area (Å²) in [6.45, 7) is 2.06. The maximum Gasteiger partial charge on any atom is 0.149 e. The van der Waals surface area contributed by atoms with Gasteiger partial charge in [0.05, 0.1) is 18.7 Å². The van der Waals surface area contributed by atoms with E-state index in [1.807, 2.05) is 6.07 Å². The number of hydrogen-bond acceptors (Lipinski definition) is 3. The van der Waals surface area contributed by atoms with Crippen LogP contribution in [0.1, 0.15) is 12.5 Å². The average Bonchev–Trinajstić information content (AvgIpc) is 2.29. The molecule has 15 heavy (non-hydrogen) atoms. The number of hydrogen-bond donors (Lipinski definition) is 0. The van der Waals surface area contributed by atoms with E-state index in [2.05, 4.69) is 11.8 Å². The molecule has 0 heterocycles. The molecule has 0 N–H and O–H groups in total. The molecule has 3 heteroatoms. The number of nitrogens with zero attached hydrogens (tertiary/aromatic N) is 1. The standard InChI is InChI=1S/C12H11NO2/c1-3-4-5-15-12-7-10(9-13)6-11(8-12)14-2/h6-8H,5H2,1-2H3. The third-order valence-electron chi connectivity index (χ3n) is 1.73. The molecule has 0 fully saturated rings. The van der Waals surface area contributed by atoms with Crippen molar-refractivity contribution in [2.75, 3.05) is 13.7 Å². The minimum atomic E-state index is 0.314. The number of benzene rings is 1. The molecule has 0 aliphatic heterocycles. The molecule has 0 unspecified atom stereocenters. The van der Waals surface area contributed by atoms with Crippen molar-refractivity contribution in [2.45, 2.75) is 6.92 Å². The third-order valence-corrected chi connectivity index (χ3v) is 1.73. The van der Waals surface area contributed by atoms with Crippen LogP contribution in [0.4, 0.5) is 0 Å². The fourth-order valence-corrected chi connectivity index (χ4v) is 1.03. The van der Waals surface area contributed by atoms with E-state index in [1.54, 1.807) is 32.2 Å². The van der Waals surface area contributed by atoms with Gasteiger partial charge in [-0.05, 0) is 19.1 Å². The first-order chi connectivity index (χ1) is 7.30. The molecule has 1 rings (SSSR count). The van der Waals surface area contributed by atoms with Crippen LogP contribution in [0.25, 0.3) is 0 Å². The van der Waals surface area contributed by atoms with E-state index < -0.39 is 0 Å². The smallest absolute Gasteiger partial charge is 0.149 e. The number of nitriles is 1. The van der Waals surface area contributed by atoms with Gasteiger partial charge in [-0.3, -0.25) is 0 Å². The highest BCUT2D eigenvalue weighted by Crippen LogP contribution is 2.22. The monoisotopic (exact) mass is 201 g/mol. The van der Waals surface area contributed by atoms with Gasteiger partial charge in [-0.1, -0.05) is 5.92 Å². The van der Waals surface area contributed by atoms with E-state index in [0.29, 0.717) is 23.7 Å². The van der Waals surface area contributed by atoms with E-state index in [-0.39, 0.29) is 0 Å². The lowest BCUT2D eigenvalue weighted by Crippen LogP contribution is -1.95. The van der Waals surface area contributed by atoms with Gasteiger partial charge < -0.3 is 9.47 Å². The minimum Gasteiger partial charge on any atom is -0.497 e. The maximum absolute atomic E-state index is 8.76. The van der Waals surface area contributed by atoms with Crippen LogP contribution >= 0.6 is 0 Å². The van der Waals surface area contributed by atoms with Crippen LogP contribution in [0.15, 0.2) is 18.2 Å². The lowest BCUT2D eigenvalue weighted by molar-refractivity contribution is 0.363. The summed E-state index contributed by atoms with van der Waals surface area (Å²) in [5.41, 5.74) is 0.508. The molecule has 0 aliphatic carbocycles.